The van der Waals surface area contributed by atoms with Gasteiger partial charge < -0.3 is 4.90 Å². The van der Waals surface area contributed by atoms with E-state index in [0.29, 0.717) is 0 Å². The minimum Gasteiger partial charge on any atom is -0.310 e. The third-order valence-electron chi connectivity index (χ3n) is 13.2. The fraction of sp³-hybridized carbons (Fsp3) is 0.236. The van der Waals surface area contributed by atoms with Crippen LogP contribution in [0.4, 0.5) is 17.1 Å². The smallest absolute Gasteiger partial charge is 0.0726 e. The van der Waals surface area contributed by atoms with Crippen LogP contribution in [0.25, 0.3) is 33.4 Å². The molecule has 56 heavy (non-hydrogen) atoms. The van der Waals surface area contributed by atoms with Gasteiger partial charge in [0, 0.05) is 22.4 Å². The van der Waals surface area contributed by atoms with E-state index >= 15 is 0 Å². The van der Waals surface area contributed by atoms with E-state index in [0.717, 1.165) is 0 Å². The summed E-state index contributed by atoms with van der Waals surface area (Å²) in [5.74, 6) is 0. The van der Waals surface area contributed by atoms with Crippen molar-refractivity contribution < 1.29 is 0 Å². The van der Waals surface area contributed by atoms with E-state index in [9.17, 15) is 0 Å². The Labute approximate surface area is 333 Å². The monoisotopic (exact) mass is 725 g/mol. The highest BCUT2D eigenvalue weighted by molar-refractivity contribution is 6.05. The highest BCUT2D eigenvalue weighted by atomic mass is 15.1. The molecular formula is C55H51N. The Morgan fingerprint density at radius 2 is 0.893 bits per heavy atom. The zero-order chi connectivity index (χ0) is 38.9. The summed E-state index contributed by atoms with van der Waals surface area (Å²) in [5, 5.41) is 0. The van der Waals surface area contributed by atoms with E-state index in [4.69, 9.17) is 0 Å². The summed E-state index contributed by atoms with van der Waals surface area (Å²) in [4.78, 5) is 2.56. The molecule has 7 aromatic carbocycles. The van der Waals surface area contributed by atoms with Crippen molar-refractivity contribution in [2.24, 2.45) is 0 Å². The average molecular weight is 726 g/mol. The van der Waals surface area contributed by atoms with Gasteiger partial charge in [0.05, 0.1) is 11.1 Å². The Kier molecular flexibility index (Phi) is 7.26. The molecule has 0 N–H and O–H groups in total. The van der Waals surface area contributed by atoms with Crippen molar-refractivity contribution in [3.63, 3.8) is 0 Å². The molecule has 0 unspecified atom stereocenters. The summed E-state index contributed by atoms with van der Waals surface area (Å²) in [7, 11) is 0. The number of rotatable bonds is 3. The minimum atomic E-state index is -0.462. The van der Waals surface area contributed by atoms with Crippen LogP contribution >= 0.6 is 0 Å². The summed E-state index contributed by atoms with van der Waals surface area (Å²) >= 11 is 0. The van der Waals surface area contributed by atoms with Crippen LogP contribution in [0.5, 0.6) is 0 Å². The van der Waals surface area contributed by atoms with Gasteiger partial charge in [-0.2, -0.15) is 0 Å². The van der Waals surface area contributed by atoms with Crippen LogP contribution in [-0.2, 0) is 21.7 Å². The number of fused-ring (bicyclic) bond motifs is 14. The standard InChI is InChI=1S/C55H51N/c1-34-22-31-42-46(32-34)55(44-20-14-10-16-39(44)40-17-11-15-21-45(40)55)47-33-48(50-41-18-12-13-19-43(41)54(8,9)51(50)49(42)47)56(37-27-23-35(24-28-37)52(2,3)4)38-29-25-36(26-30-38)53(5,6)7/h10-33H,1-9H3. The van der Waals surface area contributed by atoms with Gasteiger partial charge in [-0.1, -0.05) is 176 Å². The maximum Gasteiger partial charge on any atom is 0.0726 e. The predicted octanol–water partition coefficient (Wildman–Crippen LogP) is 14.7. The van der Waals surface area contributed by atoms with E-state index in [1.54, 1.807) is 0 Å². The molecule has 1 spiro atoms. The van der Waals surface area contributed by atoms with Gasteiger partial charge in [0.15, 0.2) is 0 Å². The van der Waals surface area contributed by atoms with Crippen LogP contribution in [0.15, 0.2) is 146 Å². The third-order valence-corrected chi connectivity index (χ3v) is 13.2. The van der Waals surface area contributed by atoms with Crippen molar-refractivity contribution in [2.75, 3.05) is 4.90 Å². The van der Waals surface area contributed by atoms with Crippen LogP contribution in [0, 0.1) is 6.92 Å². The second-order valence-corrected chi connectivity index (χ2v) is 19.1. The second-order valence-electron chi connectivity index (χ2n) is 19.1. The molecule has 276 valence electrons. The highest BCUT2D eigenvalue weighted by Gasteiger charge is 2.55. The summed E-state index contributed by atoms with van der Waals surface area (Å²) < 4.78 is 0. The first-order valence-electron chi connectivity index (χ1n) is 20.4. The minimum absolute atomic E-state index is 0.0506. The molecule has 0 radical (unpaired) electrons. The molecule has 0 amide bonds. The number of hydrogen-bond donors (Lipinski definition) is 0. The maximum atomic E-state index is 2.61. The van der Waals surface area contributed by atoms with Gasteiger partial charge in [-0.25, -0.2) is 0 Å². The molecule has 0 heterocycles. The summed E-state index contributed by atoms with van der Waals surface area (Å²) in [6, 6.07) is 56.1. The van der Waals surface area contributed by atoms with Gasteiger partial charge in [-0.15, -0.1) is 0 Å². The van der Waals surface area contributed by atoms with Crippen molar-refractivity contribution in [3.8, 4) is 33.4 Å². The fourth-order valence-electron chi connectivity index (χ4n) is 10.5. The van der Waals surface area contributed by atoms with Crippen LogP contribution in [0.2, 0.25) is 0 Å². The van der Waals surface area contributed by atoms with Gasteiger partial charge in [0.1, 0.15) is 0 Å². The Morgan fingerprint density at radius 1 is 0.429 bits per heavy atom. The van der Waals surface area contributed by atoms with Gasteiger partial charge in [-0.05, 0) is 120 Å². The molecule has 0 aromatic heterocycles. The summed E-state index contributed by atoms with van der Waals surface area (Å²) in [5.41, 5.74) is 23.4. The Morgan fingerprint density at radius 3 is 1.41 bits per heavy atom. The van der Waals surface area contributed by atoms with Crippen molar-refractivity contribution in [1.82, 2.24) is 0 Å². The number of aryl methyl sites for hydroxylation is 1. The van der Waals surface area contributed by atoms with Crippen LogP contribution in [-0.4, -0.2) is 0 Å². The number of anilines is 3. The highest BCUT2D eigenvalue weighted by Crippen LogP contribution is 2.68. The molecule has 0 bridgehead atoms. The Balaban J connectivity index is 1.38. The van der Waals surface area contributed by atoms with Crippen LogP contribution in [0.1, 0.15) is 105 Å². The average Bonchev–Trinajstić information content (AvgIpc) is 3.73. The SMILES string of the molecule is Cc1ccc2c(c1)C1(c3ccccc3-c3ccccc31)c1cc(N(c3ccc(C(C)(C)C)cc3)c3ccc(C(C)(C)C)cc3)c3c(c1-2)C(C)(C)c1ccccc1-3. The predicted molar refractivity (Wildman–Crippen MR) is 237 cm³/mol. The first-order chi connectivity index (χ1) is 26.7. The molecule has 10 rings (SSSR count). The first-order valence-corrected chi connectivity index (χ1v) is 20.4. The first kappa shape index (κ1) is 34.8. The van der Waals surface area contributed by atoms with Gasteiger partial charge in [0.2, 0.25) is 0 Å². The lowest BCUT2D eigenvalue weighted by molar-refractivity contribution is 0.590. The van der Waals surface area contributed by atoms with Gasteiger partial charge in [-0.3, -0.25) is 0 Å². The summed E-state index contributed by atoms with van der Waals surface area (Å²) in [6.45, 7) is 21.0. The lowest BCUT2D eigenvalue weighted by Crippen LogP contribution is -2.27. The van der Waals surface area contributed by atoms with Crippen molar-refractivity contribution in [1.29, 1.82) is 0 Å². The molecule has 3 aliphatic carbocycles. The molecule has 0 aliphatic heterocycles. The lowest BCUT2D eigenvalue weighted by Gasteiger charge is -2.35. The number of nitrogens with zero attached hydrogens (tertiary/aromatic N) is 1. The van der Waals surface area contributed by atoms with E-state index < -0.39 is 5.41 Å². The zero-order valence-electron chi connectivity index (χ0n) is 34.3. The molecule has 1 heteroatoms. The maximum absolute atomic E-state index is 2.61. The topological polar surface area (TPSA) is 3.24 Å². The molecular weight excluding hydrogens is 675 g/mol. The van der Waals surface area contributed by atoms with E-state index in [2.05, 4.69) is 213 Å². The number of hydrogen-bond acceptors (Lipinski definition) is 1. The molecule has 0 saturated heterocycles. The molecule has 1 nitrogen and oxygen atoms in total. The summed E-state index contributed by atoms with van der Waals surface area (Å²) in [6.07, 6.45) is 0. The molecule has 7 aromatic rings. The van der Waals surface area contributed by atoms with Gasteiger partial charge >= 0.3 is 0 Å². The molecule has 0 fully saturated rings. The van der Waals surface area contributed by atoms with E-state index in [1.165, 1.54) is 101 Å². The lowest BCUT2D eigenvalue weighted by atomic mass is 9.69. The van der Waals surface area contributed by atoms with E-state index in [-0.39, 0.29) is 16.2 Å². The van der Waals surface area contributed by atoms with Crippen molar-refractivity contribution >= 4 is 17.1 Å². The van der Waals surface area contributed by atoms with Crippen LogP contribution in [0.3, 0.4) is 0 Å². The van der Waals surface area contributed by atoms with Crippen molar-refractivity contribution in [2.45, 2.75) is 84.0 Å². The zero-order valence-corrected chi connectivity index (χ0v) is 34.3. The molecule has 0 atom stereocenters. The second kappa shape index (κ2) is 11.7. The fourth-order valence-corrected chi connectivity index (χ4v) is 10.5. The van der Waals surface area contributed by atoms with Crippen LogP contribution < -0.4 is 4.90 Å². The van der Waals surface area contributed by atoms with E-state index in [1.807, 2.05) is 0 Å². The quantitative estimate of drug-likeness (QED) is 0.175. The van der Waals surface area contributed by atoms with Crippen molar-refractivity contribution in [3.05, 3.63) is 196 Å². The third kappa shape index (κ3) is 4.67. The largest absolute Gasteiger partial charge is 0.310 e. The molecule has 0 saturated carbocycles. The number of benzene rings is 7. The Hall–Kier alpha value is -5.66. The van der Waals surface area contributed by atoms with Gasteiger partial charge in [0.25, 0.3) is 0 Å². The molecule has 3 aliphatic rings. The Bertz CT molecular complexity index is 2620. The normalized spacial score (nSPS) is 15.2.